The first-order chi connectivity index (χ1) is 6.29. The van der Waals surface area contributed by atoms with E-state index >= 15 is 0 Å². The fourth-order valence-corrected chi connectivity index (χ4v) is 1.58. The molecular formula is C10H13NO2. The molecule has 1 fully saturated rings. The second kappa shape index (κ2) is 3.44. The summed E-state index contributed by atoms with van der Waals surface area (Å²) in [6.07, 6.45) is 3.05. The number of hydrogen-bond acceptors (Lipinski definition) is 3. The molecule has 2 rings (SSSR count). The Morgan fingerprint density at radius 1 is 1.54 bits per heavy atom. The van der Waals surface area contributed by atoms with Gasteiger partial charge in [-0.2, -0.15) is 0 Å². The zero-order valence-corrected chi connectivity index (χ0v) is 7.44. The average molecular weight is 179 g/mol. The fourth-order valence-electron chi connectivity index (χ4n) is 1.58. The van der Waals surface area contributed by atoms with Gasteiger partial charge < -0.3 is 9.84 Å². The van der Waals surface area contributed by atoms with Crippen molar-refractivity contribution in [3.8, 4) is 0 Å². The summed E-state index contributed by atoms with van der Waals surface area (Å²) in [5.41, 5.74) is 0.240. The molecule has 2 heterocycles. The minimum Gasteiger partial charge on any atom is -0.387 e. The number of ether oxygens (including phenoxy) is 1. The second-order valence-electron chi connectivity index (χ2n) is 3.52. The van der Waals surface area contributed by atoms with Crippen molar-refractivity contribution in [3.05, 3.63) is 30.1 Å². The maximum Gasteiger partial charge on any atom is 0.0957 e. The molecule has 70 valence electrons. The van der Waals surface area contributed by atoms with Crippen LogP contribution in [0.25, 0.3) is 0 Å². The predicted octanol–water partition coefficient (Wildman–Crippen LogP) is 0.775. The van der Waals surface area contributed by atoms with Crippen LogP contribution < -0.4 is 0 Å². The molecule has 1 unspecified atom stereocenters. The molecule has 1 aromatic rings. The van der Waals surface area contributed by atoms with E-state index < -0.39 is 5.60 Å². The van der Waals surface area contributed by atoms with Gasteiger partial charge in [0.2, 0.25) is 0 Å². The van der Waals surface area contributed by atoms with Crippen LogP contribution in [-0.2, 0) is 11.2 Å². The van der Waals surface area contributed by atoms with Crippen LogP contribution in [0.3, 0.4) is 0 Å². The van der Waals surface area contributed by atoms with Gasteiger partial charge >= 0.3 is 0 Å². The molecule has 0 aliphatic carbocycles. The van der Waals surface area contributed by atoms with Crippen LogP contribution in [-0.4, -0.2) is 28.9 Å². The molecule has 3 heteroatoms. The largest absolute Gasteiger partial charge is 0.387 e. The van der Waals surface area contributed by atoms with Gasteiger partial charge in [-0.15, -0.1) is 0 Å². The SMILES string of the molecule is OC1(Cc2ccccn2)CCOC1. The summed E-state index contributed by atoms with van der Waals surface area (Å²) in [5, 5.41) is 9.98. The summed E-state index contributed by atoms with van der Waals surface area (Å²) in [5.74, 6) is 0. The molecule has 1 aliphatic rings. The molecule has 0 saturated carbocycles. The minimum atomic E-state index is -0.686. The van der Waals surface area contributed by atoms with Crippen molar-refractivity contribution in [1.82, 2.24) is 4.98 Å². The summed E-state index contributed by atoms with van der Waals surface area (Å²) in [6.45, 7) is 1.09. The van der Waals surface area contributed by atoms with Crippen molar-refractivity contribution < 1.29 is 9.84 Å². The first-order valence-corrected chi connectivity index (χ1v) is 4.49. The summed E-state index contributed by atoms with van der Waals surface area (Å²) < 4.78 is 5.15. The molecule has 1 saturated heterocycles. The number of pyridine rings is 1. The molecule has 3 nitrogen and oxygen atoms in total. The van der Waals surface area contributed by atoms with Gasteiger partial charge in [-0.25, -0.2) is 0 Å². The number of aliphatic hydroxyl groups is 1. The Hall–Kier alpha value is -0.930. The number of aromatic nitrogens is 1. The van der Waals surface area contributed by atoms with E-state index in [-0.39, 0.29) is 0 Å². The van der Waals surface area contributed by atoms with Gasteiger partial charge in [-0.05, 0) is 12.1 Å². The van der Waals surface area contributed by atoms with Crippen molar-refractivity contribution in [2.24, 2.45) is 0 Å². The predicted molar refractivity (Wildman–Crippen MR) is 48.3 cm³/mol. The minimum absolute atomic E-state index is 0.434. The van der Waals surface area contributed by atoms with Gasteiger partial charge in [0.15, 0.2) is 0 Å². The molecule has 1 aromatic heterocycles. The highest BCUT2D eigenvalue weighted by molar-refractivity contribution is 5.07. The average Bonchev–Trinajstić information content (AvgIpc) is 2.54. The standard InChI is InChI=1S/C10H13NO2/c12-10(4-6-13-8-10)7-9-3-1-2-5-11-9/h1-3,5,12H,4,6-8H2. The zero-order valence-electron chi connectivity index (χ0n) is 7.44. The lowest BCUT2D eigenvalue weighted by molar-refractivity contribution is 0.0263. The van der Waals surface area contributed by atoms with E-state index in [0.717, 1.165) is 5.69 Å². The van der Waals surface area contributed by atoms with Crippen molar-refractivity contribution in [2.75, 3.05) is 13.2 Å². The third-order valence-corrected chi connectivity index (χ3v) is 2.32. The lowest BCUT2D eigenvalue weighted by Gasteiger charge is -2.19. The van der Waals surface area contributed by atoms with Gasteiger partial charge in [-0.3, -0.25) is 4.98 Å². The van der Waals surface area contributed by atoms with E-state index in [0.29, 0.717) is 26.1 Å². The van der Waals surface area contributed by atoms with Crippen LogP contribution in [0.1, 0.15) is 12.1 Å². The lowest BCUT2D eigenvalue weighted by Crippen LogP contribution is -2.31. The van der Waals surface area contributed by atoms with Gasteiger partial charge in [0.25, 0.3) is 0 Å². The molecule has 1 atom stereocenters. The number of nitrogens with zero attached hydrogens (tertiary/aromatic N) is 1. The molecule has 13 heavy (non-hydrogen) atoms. The van der Waals surface area contributed by atoms with E-state index in [1.54, 1.807) is 6.20 Å². The third-order valence-electron chi connectivity index (χ3n) is 2.32. The number of rotatable bonds is 2. The Bertz CT molecular complexity index is 268. The number of hydrogen-bond donors (Lipinski definition) is 1. The quantitative estimate of drug-likeness (QED) is 0.729. The molecule has 0 amide bonds. The molecule has 0 radical (unpaired) electrons. The highest BCUT2D eigenvalue weighted by atomic mass is 16.5. The van der Waals surface area contributed by atoms with E-state index in [2.05, 4.69) is 4.98 Å². The first-order valence-electron chi connectivity index (χ1n) is 4.49. The summed E-state index contributed by atoms with van der Waals surface area (Å²) >= 11 is 0. The maximum absolute atomic E-state index is 9.98. The molecule has 1 aliphatic heterocycles. The molecule has 1 N–H and O–H groups in total. The monoisotopic (exact) mass is 179 g/mol. The van der Waals surface area contributed by atoms with Crippen molar-refractivity contribution in [1.29, 1.82) is 0 Å². The summed E-state index contributed by atoms with van der Waals surface area (Å²) in [7, 11) is 0. The first kappa shape index (κ1) is 8.66. The van der Waals surface area contributed by atoms with Gasteiger partial charge in [0.1, 0.15) is 0 Å². The van der Waals surface area contributed by atoms with E-state index in [1.807, 2.05) is 18.2 Å². The molecule has 0 aromatic carbocycles. The van der Waals surface area contributed by atoms with Crippen LogP contribution >= 0.6 is 0 Å². The lowest BCUT2D eigenvalue weighted by atomic mass is 9.97. The Labute approximate surface area is 77.4 Å². The van der Waals surface area contributed by atoms with Crippen LogP contribution in [0.2, 0.25) is 0 Å². The summed E-state index contributed by atoms with van der Waals surface area (Å²) in [4.78, 5) is 4.17. The molecular weight excluding hydrogens is 166 g/mol. The van der Waals surface area contributed by atoms with Crippen molar-refractivity contribution in [3.63, 3.8) is 0 Å². The Morgan fingerprint density at radius 2 is 2.46 bits per heavy atom. The second-order valence-corrected chi connectivity index (χ2v) is 3.52. The Kier molecular flexibility index (Phi) is 2.29. The van der Waals surface area contributed by atoms with Crippen LogP contribution in [0.5, 0.6) is 0 Å². The Balaban J connectivity index is 2.05. The summed E-state index contributed by atoms with van der Waals surface area (Å²) in [6, 6.07) is 5.73. The molecule has 0 spiro atoms. The van der Waals surface area contributed by atoms with Crippen LogP contribution in [0, 0.1) is 0 Å². The van der Waals surface area contributed by atoms with Crippen molar-refractivity contribution >= 4 is 0 Å². The van der Waals surface area contributed by atoms with Crippen LogP contribution in [0.15, 0.2) is 24.4 Å². The zero-order chi connectivity index (χ0) is 9.15. The maximum atomic E-state index is 9.98. The normalized spacial score (nSPS) is 27.8. The smallest absolute Gasteiger partial charge is 0.0957 e. The van der Waals surface area contributed by atoms with E-state index in [9.17, 15) is 5.11 Å². The van der Waals surface area contributed by atoms with E-state index in [4.69, 9.17) is 4.74 Å². The van der Waals surface area contributed by atoms with Gasteiger partial charge in [0, 0.05) is 31.3 Å². The third kappa shape index (κ3) is 2.05. The topological polar surface area (TPSA) is 42.4 Å². The van der Waals surface area contributed by atoms with Gasteiger partial charge in [-0.1, -0.05) is 6.07 Å². The highest BCUT2D eigenvalue weighted by Crippen LogP contribution is 2.22. The Morgan fingerprint density at radius 3 is 3.08 bits per heavy atom. The van der Waals surface area contributed by atoms with E-state index in [1.165, 1.54) is 0 Å². The highest BCUT2D eigenvalue weighted by Gasteiger charge is 2.32. The fraction of sp³-hybridized carbons (Fsp3) is 0.500. The van der Waals surface area contributed by atoms with Crippen LogP contribution in [0.4, 0.5) is 0 Å². The van der Waals surface area contributed by atoms with Gasteiger partial charge in [0.05, 0.1) is 12.2 Å². The van der Waals surface area contributed by atoms with Crippen molar-refractivity contribution in [2.45, 2.75) is 18.4 Å². The molecule has 0 bridgehead atoms.